The SMILES string of the molecule is Cc1ccc(C)c(Sc2c(C3CC3)c(=O)[nH]c(=O)n2COCc2ccccc2)c1. The van der Waals surface area contributed by atoms with Crippen molar-refractivity contribution in [2.24, 2.45) is 0 Å². The number of ether oxygens (including phenoxy) is 1. The molecule has 1 saturated carbocycles. The highest BCUT2D eigenvalue weighted by atomic mass is 32.2. The molecule has 0 aliphatic heterocycles. The maximum absolute atomic E-state index is 12.7. The molecule has 0 radical (unpaired) electrons. The molecular weight excluding hydrogens is 384 g/mol. The minimum atomic E-state index is -0.430. The molecule has 29 heavy (non-hydrogen) atoms. The van der Waals surface area contributed by atoms with E-state index in [0.717, 1.165) is 34.4 Å². The summed E-state index contributed by atoms with van der Waals surface area (Å²) in [6.07, 6.45) is 1.96. The van der Waals surface area contributed by atoms with Crippen molar-refractivity contribution >= 4 is 11.8 Å². The molecule has 1 fully saturated rings. The molecule has 5 nitrogen and oxygen atoms in total. The predicted molar refractivity (Wildman–Crippen MR) is 115 cm³/mol. The lowest BCUT2D eigenvalue weighted by Gasteiger charge is -2.17. The molecule has 2 aromatic carbocycles. The Morgan fingerprint density at radius 2 is 1.86 bits per heavy atom. The molecular formula is C23H24N2O3S. The third-order valence-corrected chi connectivity index (χ3v) is 6.35. The van der Waals surface area contributed by atoms with Crippen LogP contribution < -0.4 is 11.2 Å². The molecule has 1 aromatic heterocycles. The van der Waals surface area contributed by atoms with Crippen molar-refractivity contribution < 1.29 is 4.74 Å². The van der Waals surface area contributed by atoms with Crippen molar-refractivity contribution in [1.82, 2.24) is 9.55 Å². The third-order valence-electron chi connectivity index (χ3n) is 5.05. The summed E-state index contributed by atoms with van der Waals surface area (Å²) >= 11 is 1.49. The first-order valence-corrected chi connectivity index (χ1v) is 10.6. The van der Waals surface area contributed by atoms with Gasteiger partial charge in [0.05, 0.1) is 17.2 Å². The van der Waals surface area contributed by atoms with Gasteiger partial charge in [0, 0.05) is 4.90 Å². The highest BCUT2D eigenvalue weighted by molar-refractivity contribution is 7.99. The highest BCUT2D eigenvalue weighted by Gasteiger charge is 2.31. The van der Waals surface area contributed by atoms with E-state index in [1.54, 1.807) is 4.57 Å². The summed E-state index contributed by atoms with van der Waals surface area (Å²) in [5, 5.41) is 0.697. The monoisotopic (exact) mass is 408 g/mol. The van der Waals surface area contributed by atoms with Gasteiger partial charge < -0.3 is 4.74 Å². The highest BCUT2D eigenvalue weighted by Crippen LogP contribution is 2.43. The molecule has 1 aliphatic rings. The number of nitrogens with zero attached hydrogens (tertiary/aromatic N) is 1. The van der Waals surface area contributed by atoms with Gasteiger partial charge in [0.25, 0.3) is 5.56 Å². The fourth-order valence-electron chi connectivity index (χ4n) is 3.28. The Bertz CT molecular complexity index is 1130. The molecule has 4 rings (SSSR count). The Hall–Kier alpha value is -2.57. The number of rotatable bonds is 7. The first kappa shape index (κ1) is 19.7. The van der Waals surface area contributed by atoms with Crippen LogP contribution in [0, 0.1) is 13.8 Å². The topological polar surface area (TPSA) is 64.1 Å². The van der Waals surface area contributed by atoms with Crippen molar-refractivity contribution in [3.8, 4) is 0 Å². The van der Waals surface area contributed by atoms with E-state index in [4.69, 9.17) is 4.74 Å². The number of aryl methyl sites for hydroxylation is 2. The van der Waals surface area contributed by atoms with E-state index < -0.39 is 5.69 Å². The third kappa shape index (κ3) is 4.54. The van der Waals surface area contributed by atoms with Gasteiger partial charge in [0.2, 0.25) is 0 Å². The zero-order valence-corrected chi connectivity index (χ0v) is 17.4. The van der Waals surface area contributed by atoms with Crippen LogP contribution in [0.15, 0.2) is 68.0 Å². The van der Waals surface area contributed by atoms with Gasteiger partial charge in [0.1, 0.15) is 6.73 Å². The molecule has 0 atom stereocenters. The van der Waals surface area contributed by atoms with E-state index in [1.807, 2.05) is 44.2 Å². The zero-order chi connectivity index (χ0) is 20.4. The lowest BCUT2D eigenvalue weighted by atomic mass is 10.2. The molecule has 3 aromatic rings. The summed E-state index contributed by atoms with van der Waals surface area (Å²) in [7, 11) is 0. The molecule has 6 heteroatoms. The first-order valence-electron chi connectivity index (χ1n) is 9.76. The Morgan fingerprint density at radius 3 is 2.59 bits per heavy atom. The Labute approximate surface area is 173 Å². The molecule has 0 saturated heterocycles. The number of hydrogen-bond acceptors (Lipinski definition) is 4. The van der Waals surface area contributed by atoms with E-state index in [0.29, 0.717) is 17.2 Å². The fraction of sp³-hybridized carbons (Fsp3) is 0.304. The van der Waals surface area contributed by atoms with Gasteiger partial charge in [-0.15, -0.1) is 0 Å². The van der Waals surface area contributed by atoms with Crippen molar-refractivity contribution in [1.29, 1.82) is 0 Å². The number of nitrogens with one attached hydrogen (secondary N) is 1. The summed E-state index contributed by atoms with van der Waals surface area (Å²) in [5.74, 6) is 0.215. The molecule has 0 amide bonds. The molecule has 1 aliphatic carbocycles. The average molecular weight is 409 g/mol. The lowest BCUT2D eigenvalue weighted by Crippen LogP contribution is -2.34. The molecule has 1 N–H and O–H groups in total. The summed E-state index contributed by atoms with van der Waals surface area (Å²) < 4.78 is 7.40. The smallest absolute Gasteiger partial charge is 0.331 e. The summed E-state index contributed by atoms with van der Waals surface area (Å²) in [6, 6.07) is 16.1. The van der Waals surface area contributed by atoms with E-state index in [1.165, 1.54) is 11.8 Å². The second-order valence-electron chi connectivity index (χ2n) is 7.51. The van der Waals surface area contributed by atoms with Crippen LogP contribution in [-0.4, -0.2) is 9.55 Å². The maximum Gasteiger partial charge on any atom is 0.331 e. The van der Waals surface area contributed by atoms with Crippen LogP contribution in [0.5, 0.6) is 0 Å². The van der Waals surface area contributed by atoms with Gasteiger partial charge in [-0.05, 0) is 55.4 Å². The van der Waals surface area contributed by atoms with Crippen molar-refractivity contribution in [3.05, 3.63) is 91.6 Å². The predicted octanol–water partition coefficient (Wildman–Crippen LogP) is 4.36. The van der Waals surface area contributed by atoms with E-state index in [2.05, 4.69) is 23.2 Å². The van der Waals surface area contributed by atoms with Gasteiger partial charge in [-0.2, -0.15) is 0 Å². The van der Waals surface area contributed by atoms with E-state index in [-0.39, 0.29) is 18.2 Å². The normalized spacial score (nSPS) is 13.6. The van der Waals surface area contributed by atoms with E-state index in [9.17, 15) is 9.59 Å². The first-order chi connectivity index (χ1) is 14.0. The fourth-order valence-corrected chi connectivity index (χ4v) is 4.57. The van der Waals surface area contributed by atoms with Crippen LogP contribution in [0.1, 0.15) is 41.0 Å². The molecule has 0 bridgehead atoms. The maximum atomic E-state index is 12.7. The van der Waals surface area contributed by atoms with Crippen LogP contribution >= 0.6 is 11.8 Å². The summed E-state index contributed by atoms with van der Waals surface area (Å²) in [5.41, 5.74) is 3.30. The van der Waals surface area contributed by atoms with Crippen molar-refractivity contribution in [2.45, 2.75) is 55.9 Å². The molecule has 0 unspecified atom stereocenters. The number of benzene rings is 2. The Kier molecular flexibility index (Phi) is 5.74. The van der Waals surface area contributed by atoms with Crippen LogP contribution in [0.3, 0.4) is 0 Å². The zero-order valence-electron chi connectivity index (χ0n) is 16.6. The largest absolute Gasteiger partial charge is 0.356 e. The number of H-pyrrole nitrogens is 1. The van der Waals surface area contributed by atoms with Crippen LogP contribution in [0.2, 0.25) is 0 Å². The summed E-state index contributed by atoms with van der Waals surface area (Å²) in [6.45, 7) is 4.58. The lowest BCUT2D eigenvalue weighted by molar-refractivity contribution is 0.0550. The summed E-state index contributed by atoms with van der Waals surface area (Å²) in [4.78, 5) is 28.8. The van der Waals surface area contributed by atoms with Crippen molar-refractivity contribution in [2.75, 3.05) is 0 Å². The van der Waals surface area contributed by atoms with Gasteiger partial charge in [-0.3, -0.25) is 14.3 Å². The van der Waals surface area contributed by atoms with Crippen LogP contribution in [-0.2, 0) is 18.1 Å². The standard InChI is InChI=1S/C23H24N2O3S/c1-15-8-9-16(2)19(12-15)29-22-20(18-10-11-18)21(26)24-23(27)25(22)14-28-13-17-6-4-3-5-7-17/h3-9,12,18H,10-11,13-14H2,1-2H3,(H,24,26,27). The van der Waals surface area contributed by atoms with Crippen molar-refractivity contribution in [3.63, 3.8) is 0 Å². The average Bonchev–Trinajstić information content (AvgIpc) is 3.52. The Balaban J connectivity index is 1.69. The molecule has 150 valence electrons. The number of hydrogen-bond donors (Lipinski definition) is 1. The van der Waals surface area contributed by atoms with Gasteiger partial charge in [0.15, 0.2) is 0 Å². The number of aromatic amines is 1. The van der Waals surface area contributed by atoms with Gasteiger partial charge >= 0.3 is 5.69 Å². The second kappa shape index (κ2) is 8.43. The Morgan fingerprint density at radius 1 is 1.10 bits per heavy atom. The van der Waals surface area contributed by atoms with E-state index >= 15 is 0 Å². The van der Waals surface area contributed by atoms with Gasteiger partial charge in [-0.25, -0.2) is 4.79 Å². The molecule has 0 spiro atoms. The minimum Gasteiger partial charge on any atom is -0.356 e. The quantitative estimate of drug-likeness (QED) is 0.590. The minimum absolute atomic E-state index is 0.0947. The second-order valence-corrected chi connectivity index (χ2v) is 8.55. The van der Waals surface area contributed by atoms with Crippen LogP contribution in [0.4, 0.5) is 0 Å². The van der Waals surface area contributed by atoms with Gasteiger partial charge in [-0.1, -0.05) is 54.2 Å². The number of aromatic nitrogens is 2. The van der Waals surface area contributed by atoms with Crippen LogP contribution in [0.25, 0.3) is 0 Å². The molecule has 1 heterocycles.